The van der Waals surface area contributed by atoms with E-state index in [2.05, 4.69) is 12.1 Å². The average molecular weight is 450 g/mol. The van der Waals surface area contributed by atoms with Gasteiger partial charge < -0.3 is 14.4 Å². The normalized spacial score (nSPS) is 14.9. The zero-order chi connectivity index (χ0) is 22.8. The summed E-state index contributed by atoms with van der Waals surface area (Å²) in [5.41, 5.74) is 5.57. The van der Waals surface area contributed by atoms with Gasteiger partial charge in [-0.05, 0) is 59.0 Å². The lowest BCUT2D eigenvalue weighted by molar-refractivity contribution is -0.141. The van der Waals surface area contributed by atoms with Gasteiger partial charge in [-0.15, -0.1) is 0 Å². The molecule has 1 heterocycles. The summed E-state index contributed by atoms with van der Waals surface area (Å²) in [6, 6.07) is 19.1. The van der Waals surface area contributed by atoms with Crippen LogP contribution in [0.2, 0.25) is 5.02 Å². The highest BCUT2D eigenvalue weighted by Gasteiger charge is 2.36. The van der Waals surface area contributed by atoms with Gasteiger partial charge >= 0.3 is 5.97 Å². The second-order valence-corrected chi connectivity index (χ2v) is 8.27. The molecule has 0 aromatic heterocycles. The van der Waals surface area contributed by atoms with Crippen LogP contribution in [0.1, 0.15) is 39.5 Å². The van der Waals surface area contributed by atoms with Crippen LogP contribution in [-0.4, -0.2) is 30.9 Å². The smallest absolute Gasteiger partial charge is 0.307 e. The highest BCUT2D eigenvalue weighted by molar-refractivity contribution is 6.31. The van der Waals surface area contributed by atoms with Crippen molar-refractivity contribution in [2.45, 2.75) is 26.0 Å². The number of carbonyl (C=O) groups is 2. The fourth-order valence-electron chi connectivity index (χ4n) is 4.04. The van der Waals surface area contributed by atoms with Gasteiger partial charge in [0.15, 0.2) is 0 Å². The number of methoxy groups -OCH3 is 1. The molecule has 0 spiro atoms. The van der Waals surface area contributed by atoms with Crippen LogP contribution in [-0.2, 0) is 16.1 Å². The molecule has 3 aromatic carbocycles. The van der Waals surface area contributed by atoms with E-state index >= 15 is 0 Å². The van der Waals surface area contributed by atoms with Gasteiger partial charge in [-0.3, -0.25) is 9.59 Å². The Hall–Kier alpha value is -3.31. The molecule has 1 amide bonds. The van der Waals surface area contributed by atoms with Crippen LogP contribution in [0.3, 0.4) is 0 Å². The number of halogens is 1. The molecule has 1 aliphatic rings. The molecule has 4 rings (SSSR count). The molecule has 0 radical (unpaired) electrons. The zero-order valence-corrected chi connectivity index (χ0v) is 19.0. The first-order chi connectivity index (χ1) is 15.4. The summed E-state index contributed by atoms with van der Waals surface area (Å²) in [7, 11) is 3.04. The van der Waals surface area contributed by atoms with Crippen LogP contribution in [0.5, 0.6) is 5.75 Å². The summed E-state index contributed by atoms with van der Waals surface area (Å²) in [5, 5.41) is 0.738. The number of rotatable bonds is 6. The number of hydrogen-bond acceptors (Lipinski definition) is 4. The van der Waals surface area contributed by atoms with Gasteiger partial charge in [-0.2, -0.15) is 0 Å². The molecule has 3 aromatic rings. The van der Waals surface area contributed by atoms with Crippen molar-refractivity contribution < 1.29 is 19.1 Å². The van der Waals surface area contributed by atoms with E-state index in [-0.39, 0.29) is 24.3 Å². The second kappa shape index (κ2) is 9.05. The van der Waals surface area contributed by atoms with E-state index in [0.717, 1.165) is 32.8 Å². The molecule has 0 N–H and O–H groups in total. The molecule has 0 saturated heterocycles. The van der Waals surface area contributed by atoms with Crippen molar-refractivity contribution in [3.8, 4) is 16.9 Å². The first-order valence-corrected chi connectivity index (χ1v) is 10.7. The highest BCUT2D eigenvalue weighted by atomic mass is 35.5. The van der Waals surface area contributed by atoms with Crippen LogP contribution in [0.15, 0.2) is 60.7 Å². The van der Waals surface area contributed by atoms with Gasteiger partial charge in [-0.1, -0.05) is 48.0 Å². The molecule has 5 nitrogen and oxygen atoms in total. The molecular formula is C26H24ClNO4. The topological polar surface area (TPSA) is 55.8 Å². The van der Waals surface area contributed by atoms with Gasteiger partial charge in [0, 0.05) is 17.6 Å². The van der Waals surface area contributed by atoms with Crippen LogP contribution in [0.25, 0.3) is 11.1 Å². The monoisotopic (exact) mass is 449 g/mol. The lowest BCUT2D eigenvalue weighted by Crippen LogP contribution is -2.25. The summed E-state index contributed by atoms with van der Waals surface area (Å²) in [5.74, 6) is 0.129. The van der Waals surface area contributed by atoms with E-state index < -0.39 is 0 Å². The molecule has 6 heteroatoms. The Balaban J connectivity index is 1.52. The Morgan fingerprint density at radius 1 is 1.06 bits per heavy atom. The van der Waals surface area contributed by atoms with Crippen molar-refractivity contribution >= 4 is 23.5 Å². The van der Waals surface area contributed by atoms with E-state index in [1.165, 1.54) is 7.11 Å². The van der Waals surface area contributed by atoms with Crippen molar-refractivity contribution in [2.24, 2.45) is 0 Å². The standard InChI is InChI=1S/C26H24ClNO4/c1-16-20(8-5-9-23(16)27)18-7-4-6-17(12-18)15-32-19-10-11-21-22(13-19)26(30)28(2)24(21)14-25(29)31-3/h4-13,24H,14-15H2,1-3H3/t24-/m1/s1. The minimum Gasteiger partial charge on any atom is -0.489 e. The molecule has 1 atom stereocenters. The largest absolute Gasteiger partial charge is 0.489 e. The fraction of sp³-hybridized carbons (Fsp3) is 0.231. The minimum atomic E-state index is -0.349. The summed E-state index contributed by atoms with van der Waals surface area (Å²) in [6.45, 7) is 2.37. The Bertz CT molecular complexity index is 1190. The fourth-order valence-corrected chi connectivity index (χ4v) is 4.22. The number of benzene rings is 3. The van der Waals surface area contributed by atoms with Crippen molar-refractivity contribution in [3.05, 3.63) is 87.9 Å². The van der Waals surface area contributed by atoms with Gasteiger partial charge in [0.2, 0.25) is 0 Å². The van der Waals surface area contributed by atoms with Crippen molar-refractivity contribution in [1.29, 1.82) is 0 Å². The van der Waals surface area contributed by atoms with Crippen LogP contribution >= 0.6 is 11.6 Å². The van der Waals surface area contributed by atoms with Crippen LogP contribution in [0, 0.1) is 6.92 Å². The second-order valence-electron chi connectivity index (χ2n) is 7.86. The summed E-state index contributed by atoms with van der Waals surface area (Å²) >= 11 is 6.28. The summed E-state index contributed by atoms with van der Waals surface area (Å²) < 4.78 is 10.8. The zero-order valence-electron chi connectivity index (χ0n) is 18.2. The van der Waals surface area contributed by atoms with Crippen LogP contribution < -0.4 is 4.74 Å². The number of hydrogen-bond donors (Lipinski definition) is 0. The molecule has 0 unspecified atom stereocenters. The predicted molar refractivity (Wildman–Crippen MR) is 124 cm³/mol. The van der Waals surface area contributed by atoms with E-state index in [1.54, 1.807) is 18.0 Å². The van der Waals surface area contributed by atoms with Crippen molar-refractivity contribution in [3.63, 3.8) is 0 Å². The van der Waals surface area contributed by atoms with E-state index in [4.69, 9.17) is 21.1 Å². The Kier molecular flexibility index (Phi) is 6.19. The number of nitrogens with zero attached hydrogens (tertiary/aromatic N) is 1. The maximum atomic E-state index is 12.7. The van der Waals surface area contributed by atoms with E-state index in [9.17, 15) is 9.59 Å². The minimum absolute atomic E-state index is 0.127. The Labute approximate surface area is 192 Å². The molecule has 0 aliphatic carbocycles. The van der Waals surface area contributed by atoms with Gasteiger partial charge in [0.25, 0.3) is 5.91 Å². The van der Waals surface area contributed by atoms with Gasteiger partial charge in [0.1, 0.15) is 12.4 Å². The summed E-state index contributed by atoms with van der Waals surface area (Å²) in [4.78, 5) is 26.0. The first-order valence-electron chi connectivity index (χ1n) is 10.3. The number of carbonyl (C=O) groups excluding carboxylic acids is 2. The maximum absolute atomic E-state index is 12.7. The number of amides is 1. The van der Waals surface area contributed by atoms with Crippen molar-refractivity contribution in [2.75, 3.05) is 14.2 Å². The molecule has 1 aliphatic heterocycles. The molecule has 0 bridgehead atoms. The quantitative estimate of drug-likeness (QED) is 0.461. The molecule has 32 heavy (non-hydrogen) atoms. The van der Waals surface area contributed by atoms with Crippen molar-refractivity contribution in [1.82, 2.24) is 4.90 Å². The van der Waals surface area contributed by atoms with Crippen LogP contribution in [0.4, 0.5) is 0 Å². The lowest BCUT2D eigenvalue weighted by Gasteiger charge is -2.19. The first kappa shape index (κ1) is 21.9. The average Bonchev–Trinajstić information content (AvgIpc) is 3.04. The Morgan fingerprint density at radius 2 is 1.84 bits per heavy atom. The molecule has 164 valence electrons. The maximum Gasteiger partial charge on any atom is 0.307 e. The third-order valence-electron chi connectivity index (χ3n) is 5.90. The lowest BCUT2D eigenvalue weighted by atomic mass is 9.99. The third-order valence-corrected chi connectivity index (χ3v) is 6.31. The molecular weight excluding hydrogens is 426 g/mol. The van der Waals surface area contributed by atoms with Gasteiger partial charge in [0.05, 0.1) is 19.6 Å². The molecule has 0 fully saturated rings. The summed E-state index contributed by atoms with van der Waals surface area (Å²) in [6.07, 6.45) is 0.127. The predicted octanol–water partition coefficient (Wildman–Crippen LogP) is 5.58. The van der Waals surface area contributed by atoms with Gasteiger partial charge in [-0.25, -0.2) is 0 Å². The Morgan fingerprint density at radius 3 is 2.62 bits per heavy atom. The number of ether oxygens (including phenoxy) is 2. The third kappa shape index (κ3) is 4.21. The van der Waals surface area contributed by atoms with E-state index in [1.807, 2.05) is 49.4 Å². The number of fused-ring (bicyclic) bond motifs is 1. The number of esters is 1. The SMILES string of the molecule is COC(=O)C[C@@H]1c2ccc(OCc3cccc(-c4cccc(Cl)c4C)c3)cc2C(=O)N1C. The molecule has 0 saturated carbocycles. The highest BCUT2D eigenvalue weighted by Crippen LogP contribution is 2.37. The van der Waals surface area contributed by atoms with E-state index in [0.29, 0.717) is 17.9 Å².